The minimum Gasteiger partial charge on any atom is -0.384 e. The minimum absolute atomic E-state index is 0.00624. The van der Waals surface area contributed by atoms with E-state index in [4.69, 9.17) is 12.3 Å². The van der Waals surface area contributed by atoms with Gasteiger partial charge in [0, 0.05) is 18.4 Å². The molecule has 0 radical (unpaired) electrons. The zero-order valence-electron chi connectivity index (χ0n) is 14.7. The van der Waals surface area contributed by atoms with E-state index in [2.05, 4.69) is 14.8 Å². The number of anilines is 1. The van der Waals surface area contributed by atoms with Gasteiger partial charge in [-0.15, -0.1) is 0 Å². The van der Waals surface area contributed by atoms with Gasteiger partial charge in [-0.05, 0) is 12.8 Å². The van der Waals surface area contributed by atoms with E-state index in [1.807, 2.05) is 4.57 Å². The van der Waals surface area contributed by atoms with Crippen molar-refractivity contribution in [3.05, 3.63) is 48.1 Å². The third-order valence-electron chi connectivity index (χ3n) is 5.10. The molecule has 0 atom stereocenters. The Morgan fingerprint density at radius 1 is 1.07 bits per heavy atom. The number of fused-ring (bicyclic) bond motifs is 1. The molecule has 1 aliphatic carbocycles. The smallest absolute Gasteiger partial charge is 0.212 e. The van der Waals surface area contributed by atoms with Gasteiger partial charge >= 0.3 is 0 Å². The molecule has 4 rings (SSSR count). The third-order valence-corrected chi connectivity index (χ3v) is 6.93. The maximum atomic E-state index is 13.3. The molecule has 1 aliphatic rings. The first-order valence-corrected chi connectivity index (χ1v) is 10.4. The van der Waals surface area contributed by atoms with Crippen LogP contribution in [0.5, 0.6) is 0 Å². The second-order valence-corrected chi connectivity index (χ2v) is 8.60. The van der Waals surface area contributed by atoms with Crippen LogP contribution >= 0.6 is 0 Å². The SMILES string of the molecule is [C-]#[N+]c1ccc(S(=O)(=O)c2c(N)n(C3CCCCC3)c3nccnc23)cc1. The van der Waals surface area contributed by atoms with E-state index in [0.717, 1.165) is 25.7 Å². The Morgan fingerprint density at radius 3 is 2.41 bits per heavy atom. The number of hydrogen-bond donors (Lipinski definition) is 1. The van der Waals surface area contributed by atoms with Gasteiger partial charge < -0.3 is 10.3 Å². The number of hydrogen-bond acceptors (Lipinski definition) is 5. The van der Waals surface area contributed by atoms with E-state index in [-0.39, 0.29) is 21.7 Å². The molecule has 3 aromatic rings. The monoisotopic (exact) mass is 381 g/mol. The summed E-state index contributed by atoms with van der Waals surface area (Å²) in [5.74, 6) is 0.192. The fourth-order valence-electron chi connectivity index (χ4n) is 3.80. The topological polar surface area (TPSA) is 95.2 Å². The Labute approximate surface area is 157 Å². The molecule has 0 amide bonds. The lowest BCUT2D eigenvalue weighted by atomic mass is 9.95. The number of sulfone groups is 1. The molecule has 8 heteroatoms. The van der Waals surface area contributed by atoms with Crippen LogP contribution in [0.1, 0.15) is 38.1 Å². The largest absolute Gasteiger partial charge is 0.384 e. The van der Waals surface area contributed by atoms with Crippen molar-refractivity contribution in [2.24, 2.45) is 0 Å². The van der Waals surface area contributed by atoms with Crippen molar-refractivity contribution in [2.45, 2.75) is 47.9 Å². The van der Waals surface area contributed by atoms with Gasteiger partial charge in [0.2, 0.25) is 9.84 Å². The lowest BCUT2D eigenvalue weighted by Crippen LogP contribution is -2.16. The van der Waals surface area contributed by atoms with Crippen molar-refractivity contribution in [1.29, 1.82) is 0 Å². The van der Waals surface area contributed by atoms with Crippen molar-refractivity contribution in [1.82, 2.24) is 14.5 Å². The summed E-state index contributed by atoms with van der Waals surface area (Å²) >= 11 is 0. The summed E-state index contributed by atoms with van der Waals surface area (Å²) in [6, 6.07) is 5.97. The molecule has 0 unspecified atom stereocenters. The second-order valence-electron chi connectivity index (χ2n) is 6.71. The number of benzene rings is 1. The van der Waals surface area contributed by atoms with Crippen LogP contribution < -0.4 is 5.73 Å². The van der Waals surface area contributed by atoms with Crippen molar-refractivity contribution < 1.29 is 8.42 Å². The van der Waals surface area contributed by atoms with Gasteiger partial charge in [-0.1, -0.05) is 43.5 Å². The Kier molecular flexibility index (Phi) is 4.32. The van der Waals surface area contributed by atoms with Gasteiger partial charge in [0.05, 0.1) is 11.5 Å². The van der Waals surface area contributed by atoms with Crippen LogP contribution in [0.15, 0.2) is 46.5 Å². The normalized spacial score (nSPS) is 15.7. The van der Waals surface area contributed by atoms with Crippen molar-refractivity contribution >= 4 is 32.5 Å². The first-order valence-electron chi connectivity index (χ1n) is 8.87. The van der Waals surface area contributed by atoms with Gasteiger partial charge in [0.25, 0.3) is 0 Å². The molecule has 2 N–H and O–H groups in total. The highest BCUT2D eigenvalue weighted by atomic mass is 32.2. The molecular formula is C19H19N5O2S. The summed E-state index contributed by atoms with van der Waals surface area (Å²) in [6.45, 7) is 7.03. The number of nitrogens with zero attached hydrogens (tertiary/aromatic N) is 4. The summed E-state index contributed by atoms with van der Waals surface area (Å²) in [5, 5.41) is 0. The summed E-state index contributed by atoms with van der Waals surface area (Å²) < 4.78 is 28.5. The van der Waals surface area contributed by atoms with Gasteiger partial charge in [-0.3, -0.25) is 0 Å². The van der Waals surface area contributed by atoms with Crippen LogP contribution in [0.25, 0.3) is 16.0 Å². The summed E-state index contributed by atoms with van der Waals surface area (Å²) in [5.41, 5.74) is 7.58. The highest BCUT2D eigenvalue weighted by molar-refractivity contribution is 7.92. The molecule has 1 aromatic carbocycles. The standard InChI is InChI=1S/C19H19N5O2S/c1-21-13-7-9-15(10-8-13)27(25,26)17-16-19(23-12-11-22-16)24(18(17)20)14-5-3-2-4-6-14/h7-12,14H,2-6,20H2. The molecule has 7 nitrogen and oxygen atoms in total. The van der Waals surface area contributed by atoms with E-state index in [0.29, 0.717) is 16.9 Å². The fourth-order valence-corrected chi connectivity index (χ4v) is 5.31. The quantitative estimate of drug-likeness (QED) is 0.694. The molecule has 0 bridgehead atoms. The average molecular weight is 381 g/mol. The Morgan fingerprint density at radius 2 is 1.74 bits per heavy atom. The van der Waals surface area contributed by atoms with Crippen LogP contribution in [-0.4, -0.2) is 23.0 Å². The molecule has 2 heterocycles. The lowest BCUT2D eigenvalue weighted by molar-refractivity contribution is 0.362. The lowest BCUT2D eigenvalue weighted by Gasteiger charge is -2.24. The maximum absolute atomic E-state index is 13.3. The first kappa shape index (κ1) is 17.5. The predicted octanol–water partition coefficient (Wildman–Crippen LogP) is 3.90. The summed E-state index contributed by atoms with van der Waals surface area (Å²) in [6.07, 6.45) is 8.29. The Bertz CT molecular complexity index is 1140. The number of rotatable bonds is 3. The molecule has 0 aliphatic heterocycles. The van der Waals surface area contributed by atoms with Crippen LogP contribution in [0, 0.1) is 6.57 Å². The van der Waals surface area contributed by atoms with E-state index in [1.54, 1.807) is 6.20 Å². The highest BCUT2D eigenvalue weighted by Gasteiger charge is 2.32. The average Bonchev–Trinajstić information content (AvgIpc) is 3.01. The molecule has 138 valence electrons. The zero-order valence-corrected chi connectivity index (χ0v) is 15.5. The number of nitrogen functional groups attached to an aromatic ring is 1. The van der Waals surface area contributed by atoms with E-state index >= 15 is 0 Å². The highest BCUT2D eigenvalue weighted by Crippen LogP contribution is 2.39. The minimum atomic E-state index is -3.89. The number of aromatic nitrogens is 3. The van der Waals surface area contributed by atoms with Crippen LogP contribution in [0.2, 0.25) is 0 Å². The summed E-state index contributed by atoms with van der Waals surface area (Å²) in [7, 11) is -3.89. The van der Waals surface area contributed by atoms with Crippen molar-refractivity contribution in [3.63, 3.8) is 0 Å². The van der Waals surface area contributed by atoms with Crippen molar-refractivity contribution in [2.75, 3.05) is 5.73 Å². The van der Waals surface area contributed by atoms with Gasteiger partial charge in [0.15, 0.2) is 11.3 Å². The Balaban J connectivity index is 1.93. The van der Waals surface area contributed by atoms with E-state index in [9.17, 15) is 8.42 Å². The molecule has 1 saturated carbocycles. The van der Waals surface area contributed by atoms with Crippen molar-refractivity contribution in [3.8, 4) is 0 Å². The Hall–Kier alpha value is -2.92. The second kappa shape index (κ2) is 6.67. The number of nitrogens with two attached hydrogens (primary N) is 1. The van der Waals surface area contributed by atoms with Gasteiger partial charge in [-0.2, -0.15) is 0 Å². The molecule has 2 aromatic heterocycles. The van der Waals surface area contributed by atoms with E-state index in [1.165, 1.54) is 36.9 Å². The van der Waals surface area contributed by atoms with Gasteiger partial charge in [0.1, 0.15) is 16.2 Å². The molecule has 27 heavy (non-hydrogen) atoms. The molecule has 0 saturated heterocycles. The molecule has 1 fully saturated rings. The molecule has 0 spiro atoms. The predicted molar refractivity (Wildman–Crippen MR) is 102 cm³/mol. The van der Waals surface area contributed by atoms with Crippen LogP contribution in [0.3, 0.4) is 0 Å². The third kappa shape index (κ3) is 2.84. The summed E-state index contributed by atoms with van der Waals surface area (Å²) in [4.78, 5) is 12.1. The zero-order chi connectivity index (χ0) is 19.0. The van der Waals surface area contributed by atoms with E-state index < -0.39 is 9.84 Å². The molecular weight excluding hydrogens is 362 g/mol. The fraction of sp³-hybridized carbons (Fsp3) is 0.316. The van der Waals surface area contributed by atoms with Crippen LogP contribution in [-0.2, 0) is 9.84 Å². The van der Waals surface area contributed by atoms with Gasteiger partial charge in [-0.25, -0.2) is 23.2 Å². The van der Waals surface area contributed by atoms with Crippen LogP contribution in [0.4, 0.5) is 11.5 Å². The maximum Gasteiger partial charge on any atom is 0.212 e. The first-order chi connectivity index (χ1) is 13.0.